The summed E-state index contributed by atoms with van der Waals surface area (Å²) in [5, 5.41) is 0.0730. The van der Waals surface area contributed by atoms with Crippen LogP contribution in [0.5, 0.6) is 0 Å². The second-order valence-electron chi connectivity index (χ2n) is 8.02. The minimum absolute atomic E-state index is 0.0524. The number of benzene rings is 1. The number of hydrogen-bond acceptors (Lipinski definition) is 5. The Balaban J connectivity index is 1.92. The molecule has 2 rings (SSSR count). The molecule has 1 saturated heterocycles. The van der Waals surface area contributed by atoms with Crippen molar-refractivity contribution in [3.8, 4) is 0 Å². The third kappa shape index (κ3) is 5.41. The monoisotopic (exact) mass is 364 g/mol. The molecule has 1 aliphatic rings. The number of rotatable bonds is 5. The summed E-state index contributed by atoms with van der Waals surface area (Å²) in [6.07, 6.45) is 0.182. The first kappa shape index (κ1) is 19.7. The fraction of sp³-hybridized carbons (Fsp3) is 0.579. The van der Waals surface area contributed by atoms with Crippen molar-refractivity contribution in [1.82, 2.24) is 0 Å². The lowest BCUT2D eigenvalue weighted by Crippen LogP contribution is -2.47. The number of esters is 2. The molecule has 0 amide bonds. The molecule has 1 fully saturated rings. The molecule has 0 saturated carbocycles. The number of ether oxygens (including phenoxy) is 2. The van der Waals surface area contributed by atoms with Crippen LogP contribution >= 0.6 is 0 Å². The summed E-state index contributed by atoms with van der Waals surface area (Å²) in [5.41, 5.74) is 0.485. The predicted molar refractivity (Wildman–Crippen MR) is 97.9 cm³/mol. The van der Waals surface area contributed by atoms with E-state index in [1.54, 1.807) is 24.3 Å². The van der Waals surface area contributed by atoms with E-state index < -0.39 is 20.4 Å². The molecule has 0 unspecified atom stereocenters. The maximum atomic E-state index is 12.0. The van der Waals surface area contributed by atoms with E-state index in [0.29, 0.717) is 12.0 Å². The van der Waals surface area contributed by atoms with Crippen LogP contribution in [0, 0.1) is 0 Å². The standard InChI is InChI=1S/C19H28O5Si/c1-19(2,3)25(4,5)24-15-11-16(23-17(20)12-15)13-22-18(21)14-9-7-6-8-10-14/h6-10,15-16H,11-13H2,1-5H3/t15-,16+/m0/s1. The highest BCUT2D eigenvalue weighted by atomic mass is 28.4. The number of hydrogen-bond donors (Lipinski definition) is 0. The number of carbonyl (C=O) groups excluding carboxylic acids is 2. The zero-order valence-corrected chi connectivity index (χ0v) is 16.7. The van der Waals surface area contributed by atoms with Crippen LogP contribution in [0.3, 0.4) is 0 Å². The van der Waals surface area contributed by atoms with Crippen molar-refractivity contribution in [2.75, 3.05) is 6.61 Å². The topological polar surface area (TPSA) is 61.8 Å². The molecule has 5 nitrogen and oxygen atoms in total. The molecule has 0 bridgehead atoms. The van der Waals surface area contributed by atoms with Gasteiger partial charge in [0, 0.05) is 6.42 Å². The predicted octanol–water partition coefficient (Wildman–Crippen LogP) is 3.94. The molecule has 0 radical (unpaired) electrons. The molecule has 1 aromatic rings. The largest absolute Gasteiger partial charge is 0.459 e. The summed E-state index contributed by atoms with van der Waals surface area (Å²) in [6, 6.07) is 8.78. The first-order chi connectivity index (χ1) is 11.6. The molecule has 138 valence electrons. The average Bonchev–Trinajstić information content (AvgIpc) is 2.51. The Labute approximate surface area is 150 Å². The van der Waals surface area contributed by atoms with E-state index in [0.717, 1.165) is 0 Å². The SMILES string of the molecule is CC(C)(C)[Si](C)(C)O[C@@H]1CC(=O)O[C@@H](COC(=O)c2ccccc2)C1. The summed E-state index contributed by atoms with van der Waals surface area (Å²) in [7, 11) is -1.96. The quantitative estimate of drug-likeness (QED) is 0.585. The number of carbonyl (C=O) groups is 2. The van der Waals surface area contributed by atoms with Crippen molar-refractivity contribution < 1.29 is 23.5 Å². The van der Waals surface area contributed by atoms with Gasteiger partial charge in [-0.15, -0.1) is 0 Å². The lowest BCUT2D eigenvalue weighted by atomic mass is 10.1. The first-order valence-corrected chi connectivity index (χ1v) is 11.6. The van der Waals surface area contributed by atoms with Gasteiger partial charge in [-0.05, 0) is 30.3 Å². The Morgan fingerprint density at radius 3 is 2.48 bits per heavy atom. The third-order valence-corrected chi connectivity index (χ3v) is 9.43. The second kappa shape index (κ2) is 7.70. The van der Waals surface area contributed by atoms with E-state index in [1.165, 1.54) is 0 Å². The van der Waals surface area contributed by atoms with Gasteiger partial charge < -0.3 is 13.9 Å². The molecule has 6 heteroatoms. The molecule has 1 heterocycles. The molecular weight excluding hydrogens is 336 g/mol. The van der Waals surface area contributed by atoms with Crippen molar-refractivity contribution in [2.45, 2.75) is 64.0 Å². The highest BCUT2D eigenvalue weighted by molar-refractivity contribution is 6.74. The van der Waals surface area contributed by atoms with E-state index in [-0.39, 0.29) is 30.1 Å². The smallest absolute Gasteiger partial charge is 0.338 e. The summed E-state index contributed by atoms with van der Waals surface area (Å²) >= 11 is 0. The molecule has 0 spiro atoms. The summed E-state index contributed by atoms with van der Waals surface area (Å²) in [4.78, 5) is 23.9. The van der Waals surface area contributed by atoms with Crippen LogP contribution in [-0.4, -0.2) is 39.1 Å². The van der Waals surface area contributed by atoms with E-state index in [9.17, 15) is 9.59 Å². The highest BCUT2D eigenvalue weighted by Gasteiger charge is 2.41. The fourth-order valence-corrected chi connectivity index (χ4v) is 3.82. The second-order valence-corrected chi connectivity index (χ2v) is 12.8. The van der Waals surface area contributed by atoms with Gasteiger partial charge in [0.15, 0.2) is 8.32 Å². The van der Waals surface area contributed by atoms with Gasteiger partial charge in [-0.25, -0.2) is 4.79 Å². The Kier molecular flexibility index (Phi) is 6.06. The summed E-state index contributed by atoms with van der Waals surface area (Å²) in [6.45, 7) is 10.9. The molecule has 1 aromatic carbocycles. The van der Waals surface area contributed by atoms with E-state index >= 15 is 0 Å². The molecule has 0 aromatic heterocycles. The van der Waals surface area contributed by atoms with Crippen LogP contribution in [0.2, 0.25) is 18.1 Å². The van der Waals surface area contributed by atoms with Crippen molar-refractivity contribution in [3.05, 3.63) is 35.9 Å². The minimum Gasteiger partial charge on any atom is -0.459 e. The van der Waals surface area contributed by atoms with Crippen LogP contribution in [-0.2, 0) is 18.7 Å². The van der Waals surface area contributed by atoms with Gasteiger partial charge in [0.2, 0.25) is 0 Å². The zero-order valence-electron chi connectivity index (χ0n) is 15.7. The molecule has 0 aliphatic carbocycles. The van der Waals surface area contributed by atoms with Gasteiger partial charge in [-0.2, -0.15) is 0 Å². The van der Waals surface area contributed by atoms with Gasteiger partial charge in [-0.1, -0.05) is 39.0 Å². The van der Waals surface area contributed by atoms with Gasteiger partial charge in [0.05, 0.1) is 18.1 Å². The van der Waals surface area contributed by atoms with Crippen LogP contribution in [0.1, 0.15) is 44.0 Å². The van der Waals surface area contributed by atoms with Crippen LogP contribution in [0.4, 0.5) is 0 Å². The van der Waals surface area contributed by atoms with Crippen molar-refractivity contribution in [2.24, 2.45) is 0 Å². The third-order valence-electron chi connectivity index (χ3n) is 4.90. The van der Waals surface area contributed by atoms with Gasteiger partial charge in [0.1, 0.15) is 12.7 Å². The van der Waals surface area contributed by atoms with E-state index in [4.69, 9.17) is 13.9 Å². The fourth-order valence-electron chi connectivity index (χ4n) is 2.46. The average molecular weight is 365 g/mol. The molecule has 25 heavy (non-hydrogen) atoms. The highest BCUT2D eigenvalue weighted by Crippen LogP contribution is 2.38. The van der Waals surface area contributed by atoms with Gasteiger partial charge in [0.25, 0.3) is 0 Å². The maximum Gasteiger partial charge on any atom is 0.338 e. The minimum atomic E-state index is -1.96. The van der Waals surface area contributed by atoms with Gasteiger partial charge >= 0.3 is 11.9 Å². The van der Waals surface area contributed by atoms with Crippen molar-refractivity contribution >= 4 is 20.3 Å². The van der Waals surface area contributed by atoms with E-state index in [2.05, 4.69) is 33.9 Å². The molecule has 0 N–H and O–H groups in total. The van der Waals surface area contributed by atoms with Crippen LogP contribution in [0.25, 0.3) is 0 Å². The molecule has 1 aliphatic heterocycles. The van der Waals surface area contributed by atoms with Crippen molar-refractivity contribution in [3.63, 3.8) is 0 Å². The lowest BCUT2D eigenvalue weighted by Gasteiger charge is -2.41. The lowest BCUT2D eigenvalue weighted by molar-refractivity contribution is -0.162. The normalized spacial score (nSPS) is 21.6. The molecule has 2 atom stereocenters. The van der Waals surface area contributed by atoms with Crippen molar-refractivity contribution in [1.29, 1.82) is 0 Å². The summed E-state index contributed by atoms with van der Waals surface area (Å²) in [5.74, 6) is -0.709. The zero-order chi connectivity index (χ0) is 18.7. The summed E-state index contributed by atoms with van der Waals surface area (Å²) < 4.78 is 17.0. The van der Waals surface area contributed by atoms with Gasteiger partial charge in [-0.3, -0.25) is 4.79 Å². The van der Waals surface area contributed by atoms with Crippen LogP contribution in [0.15, 0.2) is 30.3 Å². The van der Waals surface area contributed by atoms with E-state index in [1.807, 2.05) is 6.07 Å². The first-order valence-electron chi connectivity index (χ1n) is 8.68. The Hall–Kier alpha value is -1.66. The maximum absolute atomic E-state index is 12.0. The Morgan fingerprint density at radius 2 is 1.88 bits per heavy atom. The Bertz CT molecular complexity index is 606. The molecular formula is C19H28O5Si. The Morgan fingerprint density at radius 1 is 1.24 bits per heavy atom. The number of cyclic esters (lactones) is 1. The van der Waals surface area contributed by atoms with Crippen LogP contribution < -0.4 is 0 Å².